The number of carbonyl (C=O) groups excluding carboxylic acids is 1. The molecule has 0 bridgehead atoms. The molecule has 1 aromatic rings. The number of piperidine rings is 1. The molecule has 0 aromatic heterocycles. The van der Waals surface area contributed by atoms with Crippen molar-refractivity contribution in [2.75, 3.05) is 32.8 Å². The highest BCUT2D eigenvalue weighted by molar-refractivity contribution is 6.43. The number of nitrogens with zero attached hydrogens (tertiary/aromatic N) is 2. The predicted molar refractivity (Wildman–Crippen MR) is 123 cm³/mol. The lowest BCUT2D eigenvalue weighted by atomic mass is 9.97. The molecule has 3 aliphatic heterocycles. The molecule has 4 rings (SSSR count). The minimum Gasteiger partial charge on any atom is -0.492 e. The molecule has 0 saturated carbocycles. The quantitative estimate of drug-likeness (QED) is 0.620. The Labute approximate surface area is 196 Å². The third-order valence-corrected chi connectivity index (χ3v) is 6.59. The van der Waals surface area contributed by atoms with Crippen molar-refractivity contribution in [2.24, 2.45) is 10.9 Å². The number of nitrogens with one attached hydrogen (secondary N) is 3. The van der Waals surface area contributed by atoms with Gasteiger partial charge in [0, 0.05) is 29.8 Å². The van der Waals surface area contributed by atoms with E-state index >= 15 is 0 Å². The predicted octanol–water partition coefficient (Wildman–Crippen LogP) is 3.37. The molecule has 33 heavy (non-hydrogen) atoms. The zero-order valence-corrected chi connectivity index (χ0v) is 19.2. The van der Waals surface area contributed by atoms with Crippen LogP contribution in [-0.4, -0.2) is 61.2 Å². The number of rotatable bonds is 4. The minimum atomic E-state index is -1.06. The van der Waals surface area contributed by atoms with Crippen LogP contribution in [0, 0.1) is 17.1 Å². The molecule has 3 aliphatic rings. The van der Waals surface area contributed by atoms with Gasteiger partial charge in [-0.15, -0.1) is 0 Å². The van der Waals surface area contributed by atoms with Crippen LogP contribution in [0.15, 0.2) is 45.3 Å². The maximum atomic E-state index is 14.1. The molecule has 1 amide bonds. The largest absolute Gasteiger partial charge is 0.492 e. The van der Waals surface area contributed by atoms with Crippen molar-refractivity contribution >= 4 is 28.9 Å². The van der Waals surface area contributed by atoms with Crippen LogP contribution in [0.5, 0.6) is 5.75 Å². The Kier molecular flexibility index (Phi) is 6.81. The molecule has 2 saturated heterocycles. The van der Waals surface area contributed by atoms with Crippen LogP contribution < -0.4 is 15.4 Å². The second-order valence-corrected chi connectivity index (χ2v) is 8.83. The van der Waals surface area contributed by atoms with Crippen LogP contribution in [0.4, 0.5) is 8.78 Å². The summed E-state index contributed by atoms with van der Waals surface area (Å²) in [7, 11) is 0. The summed E-state index contributed by atoms with van der Waals surface area (Å²) >= 11 is 6.18. The maximum absolute atomic E-state index is 14.1. The molecular formula is C23H26ClF2N5O2. The van der Waals surface area contributed by atoms with Crippen molar-refractivity contribution in [3.63, 3.8) is 0 Å². The van der Waals surface area contributed by atoms with E-state index in [0.29, 0.717) is 35.1 Å². The first-order valence-corrected chi connectivity index (χ1v) is 11.2. The number of halogens is 3. The molecule has 10 heteroatoms. The van der Waals surface area contributed by atoms with Gasteiger partial charge in [0.2, 0.25) is 0 Å². The van der Waals surface area contributed by atoms with Crippen molar-refractivity contribution in [3.05, 3.63) is 51.7 Å². The highest BCUT2D eigenvalue weighted by atomic mass is 35.5. The summed E-state index contributed by atoms with van der Waals surface area (Å²) in [5.74, 6) is -0.695. The maximum Gasteiger partial charge on any atom is 0.258 e. The van der Waals surface area contributed by atoms with Crippen molar-refractivity contribution in [3.8, 4) is 5.75 Å². The molecule has 1 unspecified atom stereocenters. The first kappa shape index (κ1) is 23.4. The lowest BCUT2D eigenvalue weighted by Crippen LogP contribution is -2.40. The second-order valence-electron chi connectivity index (χ2n) is 8.45. The van der Waals surface area contributed by atoms with E-state index in [1.807, 2.05) is 6.92 Å². The van der Waals surface area contributed by atoms with Gasteiger partial charge in [-0.05, 0) is 38.9 Å². The Hall–Kier alpha value is -2.78. The summed E-state index contributed by atoms with van der Waals surface area (Å²) in [6.07, 6.45) is -0.456. The molecule has 1 aromatic carbocycles. The number of allylic oxidation sites excluding steroid dienone is 2. The molecule has 2 fully saturated rings. The molecule has 3 N–H and O–H groups in total. The molecule has 7 nitrogen and oxygen atoms in total. The van der Waals surface area contributed by atoms with Gasteiger partial charge < -0.3 is 25.7 Å². The molecular weight excluding hydrogens is 452 g/mol. The van der Waals surface area contributed by atoms with Gasteiger partial charge in [-0.25, -0.2) is 13.8 Å². The smallest absolute Gasteiger partial charge is 0.258 e. The number of hydrogen-bond donors (Lipinski definition) is 3. The number of aliphatic imine (C=N–C) groups is 1. The van der Waals surface area contributed by atoms with Gasteiger partial charge in [-0.2, -0.15) is 0 Å². The van der Waals surface area contributed by atoms with E-state index < -0.39 is 17.9 Å². The molecule has 0 radical (unpaired) electrons. The summed E-state index contributed by atoms with van der Waals surface area (Å²) in [6.45, 7) is 4.85. The summed E-state index contributed by atoms with van der Waals surface area (Å²) in [6, 6.07) is 3.70. The Balaban J connectivity index is 1.53. The van der Waals surface area contributed by atoms with E-state index in [4.69, 9.17) is 21.7 Å². The molecule has 0 spiro atoms. The average molecular weight is 478 g/mol. The highest BCUT2D eigenvalue weighted by Gasteiger charge is 2.32. The van der Waals surface area contributed by atoms with Gasteiger partial charge in [0.1, 0.15) is 23.6 Å². The number of likely N-dealkylation sites (tertiary alicyclic amines) is 1. The fourth-order valence-electron chi connectivity index (χ4n) is 4.10. The lowest BCUT2D eigenvalue weighted by Gasteiger charge is -2.27. The molecule has 0 aliphatic carbocycles. The fourth-order valence-corrected chi connectivity index (χ4v) is 4.19. The van der Waals surface area contributed by atoms with Crippen LogP contribution in [-0.2, 0) is 0 Å². The third-order valence-electron chi connectivity index (χ3n) is 6.04. The van der Waals surface area contributed by atoms with Crippen molar-refractivity contribution in [1.82, 2.24) is 15.5 Å². The number of alkyl halides is 1. The number of ether oxygens (including phenoxy) is 1. The van der Waals surface area contributed by atoms with Gasteiger partial charge in [-0.3, -0.25) is 4.79 Å². The summed E-state index contributed by atoms with van der Waals surface area (Å²) in [5.41, 5.74) is 2.38. The number of hydrogen-bond acceptors (Lipinski definition) is 6. The Morgan fingerprint density at radius 3 is 2.88 bits per heavy atom. The van der Waals surface area contributed by atoms with E-state index in [1.54, 1.807) is 6.92 Å². The normalized spacial score (nSPS) is 25.8. The van der Waals surface area contributed by atoms with Crippen molar-refractivity contribution in [1.29, 1.82) is 5.41 Å². The van der Waals surface area contributed by atoms with E-state index in [0.717, 1.165) is 11.8 Å². The van der Waals surface area contributed by atoms with Crippen LogP contribution in [0.1, 0.15) is 30.6 Å². The van der Waals surface area contributed by atoms with Crippen LogP contribution >= 0.6 is 11.6 Å². The number of carbonyl (C=O) groups is 1. The SMILES string of the molecule is CC1=N/C(=C2\CN(C(=O)c3ccc(F)cc3OCC3CCNC[C@@H]3F)CC2=N)NC(C)=C1Cl. The summed E-state index contributed by atoms with van der Waals surface area (Å²) in [5, 5.41) is 15.0. The Bertz CT molecular complexity index is 1080. The number of benzene rings is 1. The molecule has 3 heterocycles. The van der Waals surface area contributed by atoms with Gasteiger partial charge >= 0.3 is 0 Å². The van der Waals surface area contributed by atoms with E-state index in [2.05, 4.69) is 15.6 Å². The Morgan fingerprint density at radius 2 is 2.15 bits per heavy atom. The van der Waals surface area contributed by atoms with E-state index in [-0.39, 0.29) is 49.2 Å². The first-order valence-electron chi connectivity index (χ1n) is 10.8. The van der Waals surface area contributed by atoms with Gasteiger partial charge in [-0.1, -0.05) is 11.6 Å². The van der Waals surface area contributed by atoms with E-state index in [1.165, 1.54) is 17.0 Å². The highest BCUT2D eigenvalue weighted by Crippen LogP contribution is 2.28. The average Bonchev–Trinajstić information content (AvgIpc) is 3.18. The monoisotopic (exact) mass is 477 g/mol. The summed E-state index contributed by atoms with van der Waals surface area (Å²) in [4.78, 5) is 19.2. The zero-order chi connectivity index (χ0) is 23.7. The summed E-state index contributed by atoms with van der Waals surface area (Å²) < 4.78 is 33.8. The Morgan fingerprint density at radius 1 is 1.36 bits per heavy atom. The molecule has 176 valence electrons. The minimum absolute atomic E-state index is 0.0575. The van der Waals surface area contributed by atoms with Gasteiger partial charge in [0.15, 0.2) is 0 Å². The van der Waals surface area contributed by atoms with Crippen LogP contribution in [0.2, 0.25) is 0 Å². The van der Waals surface area contributed by atoms with Gasteiger partial charge in [0.25, 0.3) is 5.91 Å². The van der Waals surface area contributed by atoms with Crippen molar-refractivity contribution < 1.29 is 18.3 Å². The van der Waals surface area contributed by atoms with Gasteiger partial charge in [0.05, 0.1) is 41.7 Å². The van der Waals surface area contributed by atoms with Crippen molar-refractivity contribution in [2.45, 2.75) is 26.4 Å². The zero-order valence-electron chi connectivity index (χ0n) is 18.5. The van der Waals surface area contributed by atoms with E-state index in [9.17, 15) is 13.6 Å². The number of amides is 1. The fraction of sp³-hybridized carbons (Fsp3) is 0.435. The lowest BCUT2D eigenvalue weighted by molar-refractivity contribution is 0.0794. The molecule has 2 atom stereocenters. The first-order chi connectivity index (χ1) is 15.7. The standard InChI is InChI=1S/C23H26ClF2N5O2/c1-12-21(24)13(2)30-22(29-12)17-9-31(10-19(17)27)23(32)16-4-3-15(25)7-20(16)33-11-14-5-6-28-8-18(14)26/h3-4,7,14,18,27-29H,5-6,8-11H2,1-2H3/b22-17+,27-19?/t14?,18-/m0/s1. The van der Waals surface area contributed by atoms with Crippen LogP contribution in [0.3, 0.4) is 0 Å². The third kappa shape index (κ3) is 4.94. The van der Waals surface area contributed by atoms with Crippen LogP contribution in [0.25, 0.3) is 0 Å². The second kappa shape index (κ2) is 9.61. The topological polar surface area (TPSA) is 89.8 Å².